The Morgan fingerprint density at radius 3 is 2.83 bits per heavy atom. The SMILES string of the molecule is CN1CCN(Cc2nc3sc4ccccc4c3c3nncn23)CC1. The smallest absolute Gasteiger partial charge is 0.173 e. The lowest BCUT2D eigenvalue weighted by molar-refractivity contribution is 0.145. The van der Waals surface area contributed by atoms with Crippen molar-refractivity contribution in [3.05, 3.63) is 36.4 Å². The molecule has 1 fully saturated rings. The molecule has 0 N–H and O–H groups in total. The highest BCUT2D eigenvalue weighted by molar-refractivity contribution is 7.25. The van der Waals surface area contributed by atoms with Crippen molar-refractivity contribution in [1.82, 2.24) is 29.4 Å². The van der Waals surface area contributed by atoms with Gasteiger partial charge in [-0.2, -0.15) is 0 Å². The van der Waals surface area contributed by atoms with Gasteiger partial charge in [0.15, 0.2) is 5.65 Å². The van der Waals surface area contributed by atoms with Crippen molar-refractivity contribution in [2.75, 3.05) is 33.2 Å². The Hall–Kier alpha value is -2.09. The van der Waals surface area contributed by atoms with Crippen LogP contribution in [0.4, 0.5) is 0 Å². The van der Waals surface area contributed by atoms with Crippen molar-refractivity contribution >= 4 is 37.3 Å². The zero-order valence-electron chi connectivity index (χ0n) is 13.5. The Balaban J connectivity index is 1.65. The molecule has 0 saturated carbocycles. The molecule has 0 radical (unpaired) electrons. The molecular weight excluding hydrogens is 320 g/mol. The predicted molar refractivity (Wildman–Crippen MR) is 96.4 cm³/mol. The molecule has 24 heavy (non-hydrogen) atoms. The van der Waals surface area contributed by atoms with Gasteiger partial charge in [0.1, 0.15) is 17.0 Å². The first-order chi connectivity index (χ1) is 11.8. The highest BCUT2D eigenvalue weighted by Crippen LogP contribution is 2.34. The summed E-state index contributed by atoms with van der Waals surface area (Å²) < 4.78 is 3.31. The van der Waals surface area contributed by atoms with Gasteiger partial charge in [-0.25, -0.2) is 4.98 Å². The molecule has 1 aromatic carbocycles. The second kappa shape index (κ2) is 5.47. The summed E-state index contributed by atoms with van der Waals surface area (Å²) >= 11 is 1.74. The maximum absolute atomic E-state index is 4.97. The van der Waals surface area contributed by atoms with Gasteiger partial charge in [0, 0.05) is 36.3 Å². The van der Waals surface area contributed by atoms with Crippen molar-refractivity contribution in [2.45, 2.75) is 6.54 Å². The number of aromatic nitrogens is 4. The highest BCUT2D eigenvalue weighted by Gasteiger charge is 2.19. The fourth-order valence-corrected chi connectivity index (χ4v) is 4.50. The van der Waals surface area contributed by atoms with E-state index < -0.39 is 0 Å². The lowest BCUT2D eigenvalue weighted by Gasteiger charge is -2.32. The summed E-state index contributed by atoms with van der Waals surface area (Å²) in [6.07, 6.45) is 1.79. The second-order valence-electron chi connectivity index (χ2n) is 6.41. The number of rotatable bonds is 2. The van der Waals surface area contributed by atoms with E-state index in [1.807, 2.05) is 0 Å². The molecule has 1 aliphatic heterocycles. The molecular formula is C17H18N6S. The summed E-state index contributed by atoms with van der Waals surface area (Å²) in [7, 11) is 2.18. The molecule has 3 aromatic heterocycles. The van der Waals surface area contributed by atoms with Crippen LogP contribution < -0.4 is 0 Å². The molecule has 7 heteroatoms. The standard InChI is InChI=1S/C17H18N6S/c1-21-6-8-22(9-7-21)10-14-19-17-15(16-20-18-11-23(14)16)12-4-2-3-5-13(12)24-17/h2-5,11H,6-10H2,1H3. The number of hydrogen-bond acceptors (Lipinski definition) is 6. The topological polar surface area (TPSA) is 49.6 Å². The van der Waals surface area contributed by atoms with Gasteiger partial charge in [-0.1, -0.05) is 18.2 Å². The van der Waals surface area contributed by atoms with Crippen LogP contribution in [0.5, 0.6) is 0 Å². The third-order valence-electron chi connectivity index (χ3n) is 4.82. The summed E-state index contributed by atoms with van der Waals surface area (Å²) in [6, 6.07) is 8.43. The molecule has 6 nitrogen and oxygen atoms in total. The van der Waals surface area contributed by atoms with E-state index in [-0.39, 0.29) is 0 Å². The van der Waals surface area contributed by atoms with E-state index in [0.29, 0.717) is 0 Å². The van der Waals surface area contributed by atoms with Crippen molar-refractivity contribution in [2.24, 2.45) is 0 Å². The average molecular weight is 338 g/mol. The van der Waals surface area contributed by atoms with Crippen molar-refractivity contribution in [3.63, 3.8) is 0 Å². The van der Waals surface area contributed by atoms with Gasteiger partial charge in [0.2, 0.25) is 0 Å². The molecule has 0 aliphatic carbocycles. The van der Waals surface area contributed by atoms with E-state index in [1.165, 1.54) is 10.1 Å². The summed E-state index contributed by atoms with van der Waals surface area (Å²) in [5.41, 5.74) is 0.918. The van der Waals surface area contributed by atoms with E-state index in [1.54, 1.807) is 17.7 Å². The predicted octanol–water partition coefficient (Wildman–Crippen LogP) is 2.24. The van der Waals surface area contributed by atoms with Crippen LogP contribution in [0.2, 0.25) is 0 Å². The zero-order valence-corrected chi connectivity index (χ0v) is 14.3. The number of likely N-dealkylation sites (N-methyl/N-ethyl adjacent to an activating group) is 1. The number of fused-ring (bicyclic) bond motifs is 5. The molecule has 0 atom stereocenters. The minimum Gasteiger partial charge on any atom is -0.304 e. The van der Waals surface area contributed by atoms with Gasteiger partial charge >= 0.3 is 0 Å². The maximum Gasteiger partial charge on any atom is 0.173 e. The van der Waals surface area contributed by atoms with E-state index in [4.69, 9.17) is 4.98 Å². The molecule has 1 aliphatic rings. The molecule has 0 unspecified atom stereocenters. The summed E-state index contributed by atoms with van der Waals surface area (Å²) in [4.78, 5) is 10.9. The first-order valence-electron chi connectivity index (χ1n) is 8.20. The van der Waals surface area contributed by atoms with Gasteiger partial charge in [0.25, 0.3) is 0 Å². The number of piperazine rings is 1. The quantitative estimate of drug-likeness (QED) is 0.561. The minimum absolute atomic E-state index is 0.840. The van der Waals surface area contributed by atoms with Gasteiger partial charge in [-0.05, 0) is 13.1 Å². The Bertz CT molecular complexity index is 1030. The fraction of sp³-hybridized carbons (Fsp3) is 0.353. The fourth-order valence-electron chi connectivity index (χ4n) is 3.41. The average Bonchev–Trinajstić information content (AvgIpc) is 3.20. The molecule has 122 valence electrons. The third-order valence-corrected chi connectivity index (χ3v) is 5.88. The molecule has 0 bridgehead atoms. The number of hydrogen-bond donors (Lipinski definition) is 0. The largest absolute Gasteiger partial charge is 0.304 e. The Morgan fingerprint density at radius 1 is 1.12 bits per heavy atom. The first-order valence-corrected chi connectivity index (χ1v) is 9.02. The van der Waals surface area contributed by atoms with E-state index in [0.717, 1.165) is 54.4 Å². The number of benzene rings is 1. The van der Waals surface area contributed by atoms with Crippen LogP contribution in [0, 0.1) is 0 Å². The van der Waals surface area contributed by atoms with Crippen molar-refractivity contribution in [3.8, 4) is 0 Å². The summed E-state index contributed by atoms with van der Waals surface area (Å²) in [5, 5.41) is 10.9. The Morgan fingerprint density at radius 2 is 1.96 bits per heavy atom. The third kappa shape index (κ3) is 2.20. The lowest BCUT2D eigenvalue weighted by Crippen LogP contribution is -2.44. The zero-order chi connectivity index (χ0) is 16.1. The van der Waals surface area contributed by atoms with Gasteiger partial charge in [0.05, 0.1) is 11.9 Å². The summed E-state index contributed by atoms with van der Waals surface area (Å²) in [6.45, 7) is 5.21. The second-order valence-corrected chi connectivity index (χ2v) is 7.44. The van der Waals surface area contributed by atoms with Crippen LogP contribution >= 0.6 is 11.3 Å². The van der Waals surface area contributed by atoms with Crippen LogP contribution in [0.25, 0.3) is 25.9 Å². The van der Waals surface area contributed by atoms with Crippen LogP contribution in [-0.2, 0) is 6.54 Å². The molecule has 4 heterocycles. The maximum atomic E-state index is 4.97. The van der Waals surface area contributed by atoms with E-state index in [2.05, 4.69) is 55.7 Å². The Kier molecular flexibility index (Phi) is 3.26. The highest BCUT2D eigenvalue weighted by atomic mass is 32.1. The first kappa shape index (κ1) is 14.3. The van der Waals surface area contributed by atoms with Crippen molar-refractivity contribution in [1.29, 1.82) is 0 Å². The van der Waals surface area contributed by atoms with Crippen LogP contribution in [0.1, 0.15) is 5.82 Å². The molecule has 1 saturated heterocycles. The molecule has 4 aromatic rings. The number of thiophene rings is 1. The summed E-state index contributed by atoms with van der Waals surface area (Å²) in [5.74, 6) is 1.03. The Labute approximate surface area is 143 Å². The van der Waals surface area contributed by atoms with Crippen LogP contribution in [0.3, 0.4) is 0 Å². The monoisotopic (exact) mass is 338 g/mol. The van der Waals surface area contributed by atoms with Crippen molar-refractivity contribution < 1.29 is 0 Å². The van der Waals surface area contributed by atoms with Gasteiger partial charge < -0.3 is 4.90 Å². The lowest BCUT2D eigenvalue weighted by atomic mass is 10.2. The van der Waals surface area contributed by atoms with Crippen LogP contribution in [-0.4, -0.2) is 62.6 Å². The van der Waals surface area contributed by atoms with E-state index >= 15 is 0 Å². The molecule has 0 amide bonds. The molecule has 0 spiro atoms. The van der Waals surface area contributed by atoms with Gasteiger partial charge in [-0.3, -0.25) is 9.30 Å². The van der Waals surface area contributed by atoms with E-state index in [9.17, 15) is 0 Å². The normalized spacial score (nSPS) is 17.4. The minimum atomic E-state index is 0.840. The number of nitrogens with zero attached hydrogens (tertiary/aromatic N) is 6. The van der Waals surface area contributed by atoms with Crippen LogP contribution in [0.15, 0.2) is 30.6 Å². The molecule has 5 rings (SSSR count). The van der Waals surface area contributed by atoms with Gasteiger partial charge in [-0.15, -0.1) is 21.5 Å².